The summed E-state index contributed by atoms with van der Waals surface area (Å²) in [7, 11) is 0. The van der Waals surface area contributed by atoms with Crippen molar-refractivity contribution in [1.29, 1.82) is 0 Å². The first-order chi connectivity index (χ1) is 16.0. The first-order valence-corrected chi connectivity index (χ1v) is 11.2. The van der Waals surface area contributed by atoms with Gasteiger partial charge < -0.3 is 25.8 Å². The summed E-state index contributed by atoms with van der Waals surface area (Å²) in [4.78, 5) is 35.5. The van der Waals surface area contributed by atoms with E-state index in [9.17, 15) is 14.4 Å². The number of benzene rings is 2. The van der Waals surface area contributed by atoms with Crippen LogP contribution in [0.4, 0.5) is 4.79 Å². The molecular weight excluding hydrogens is 422 g/mol. The smallest absolute Gasteiger partial charge is 0.407 e. The van der Waals surface area contributed by atoms with E-state index in [1.165, 1.54) is 0 Å². The molecule has 0 aliphatic rings. The summed E-state index contributed by atoms with van der Waals surface area (Å²) in [6.45, 7) is 1.44. The maximum absolute atomic E-state index is 12.0. The molecule has 2 aromatic rings. The van der Waals surface area contributed by atoms with E-state index in [4.69, 9.17) is 15.2 Å². The lowest BCUT2D eigenvalue weighted by Crippen LogP contribution is -2.41. The van der Waals surface area contributed by atoms with Crippen molar-refractivity contribution in [2.45, 2.75) is 51.4 Å². The maximum atomic E-state index is 12.0. The third-order valence-corrected chi connectivity index (χ3v) is 4.87. The van der Waals surface area contributed by atoms with Gasteiger partial charge >= 0.3 is 12.1 Å². The first kappa shape index (κ1) is 25.9. The summed E-state index contributed by atoms with van der Waals surface area (Å²) in [5.41, 5.74) is 7.70. The number of nitrogens with two attached hydrogens (primary N) is 1. The number of nitrogens with one attached hydrogen (secondary N) is 2. The molecular formula is C25H33N3O5. The lowest BCUT2D eigenvalue weighted by Gasteiger charge is -2.12. The van der Waals surface area contributed by atoms with E-state index in [0.717, 1.165) is 30.4 Å². The number of carbonyl (C=O) groups excluding carboxylic acids is 3. The van der Waals surface area contributed by atoms with Crippen molar-refractivity contribution in [3.05, 3.63) is 71.8 Å². The Labute approximate surface area is 194 Å². The van der Waals surface area contributed by atoms with Gasteiger partial charge in [0.15, 0.2) is 0 Å². The van der Waals surface area contributed by atoms with E-state index < -0.39 is 12.1 Å². The fraction of sp³-hybridized carbons (Fsp3) is 0.400. The fourth-order valence-electron chi connectivity index (χ4n) is 2.95. The molecule has 0 aliphatic carbocycles. The van der Waals surface area contributed by atoms with Gasteiger partial charge in [0.05, 0.1) is 6.04 Å². The number of hydrogen-bond donors (Lipinski definition) is 3. The number of hydrogen-bond acceptors (Lipinski definition) is 6. The second-order valence-corrected chi connectivity index (χ2v) is 7.63. The zero-order valence-corrected chi connectivity index (χ0v) is 18.8. The molecule has 178 valence electrons. The molecule has 0 fully saturated rings. The minimum atomic E-state index is -0.754. The molecule has 0 spiro atoms. The fourth-order valence-corrected chi connectivity index (χ4v) is 2.95. The van der Waals surface area contributed by atoms with E-state index in [2.05, 4.69) is 10.6 Å². The van der Waals surface area contributed by atoms with Gasteiger partial charge in [0, 0.05) is 19.5 Å². The molecule has 0 aliphatic heterocycles. The molecule has 2 aromatic carbocycles. The van der Waals surface area contributed by atoms with E-state index in [1.54, 1.807) is 0 Å². The Kier molecular flexibility index (Phi) is 12.1. The molecule has 0 bridgehead atoms. The van der Waals surface area contributed by atoms with Crippen LogP contribution in [-0.4, -0.2) is 37.1 Å². The van der Waals surface area contributed by atoms with Crippen LogP contribution in [-0.2, 0) is 32.3 Å². The predicted octanol–water partition coefficient (Wildman–Crippen LogP) is 3.05. The Bertz CT molecular complexity index is 846. The Morgan fingerprint density at radius 2 is 1.30 bits per heavy atom. The van der Waals surface area contributed by atoms with Gasteiger partial charge in [0.1, 0.15) is 13.2 Å². The second kappa shape index (κ2) is 15.4. The Morgan fingerprint density at radius 3 is 1.91 bits per heavy atom. The highest BCUT2D eigenvalue weighted by Gasteiger charge is 2.15. The molecule has 1 atom stereocenters. The summed E-state index contributed by atoms with van der Waals surface area (Å²) in [6.07, 6.45) is 2.25. The van der Waals surface area contributed by atoms with Crippen molar-refractivity contribution in [1.82, 2.24) is 10.6 Å². The Hall–Kier alpha value is -3.39. The van der Waals surface area contributed by atoms with E-state index in [-0.39, 0.29) is 37.9 Å². The van der Waals surface area contributed by atoms with Gasteiger partial charge in [-0.1, -0.05) is 60.7 Å². The van der Waals surface area contributed by atoms with Crippen molar-refractivity contribution >= 4 is 18.0 Å². The van der Waals surface area contributed by atoms with Crippen molar-refractivity contribution in [3.8, 4) is 0 Å². The molecule has 0 heterocycles. The third-order valence-electron chi connectivity index (χ3n) is 4.87. The average Bonchev–Trinajstić information content (AvgIpc) is 2.85. The molecule has 8 heteroatoms. The van der Waals surface area contributed by atoms with Gasteiger partial charge in [0.25, 0.3) is 0 Å². The lowest BCUT2D eigenvalue weighted by molar-refractivity contribution is -0.145. The van der Waals surface area contributed by atoms with Gasteiger partial charge in [-0.25, -0.2) is 4.79 Å². The van der Waals surface area contributed by atoms with Crippen LogP contribution < -0.4 is 16.4 Å². The summed E-state index contributed by atoms with van der Waals surface area (Å²) < 4.78 is 10.3. The molecule has 2 rings (SSSR count). The SMILES string of the molecule is N[C@@H](CCC(=O)OCc1ccccc1)C(=O)NCCCCCNC(=O)OCc1ccccc1. The summed E-state index contributed by atoms with van der Waals surface area (Å²) in [5.74, 6) is -0.662. The highest BCUT2D eigenvalue weighted by Crippen LogP contribution is 2.04. The van der Waals surface area contributed by atoms with Crippen LogP contribution >= 0.6 is 0 Å². The molecule has 0 unspecified atom stereocenters. The number of alkyl carbamates (subject to hydrolysis) is 1. The lowest BCUT2D eigenvalue weighted by atomic mass is 10.1. The topological polar surface area (TPSA) is 120 Å². The van der Waals surface area contributed by atoms with Crippen LogP contribution in [0.15, 0.2) is 60.7 Å². The van der Waals surface area contributed by atoms with Crippen LogP contribution in [0.25, 0.3) is 0 Å². The van der Waals surface area contributed by atoms with Crippen LogP contribution in [0.2, 0.25) is 0 Å². The van der Waals surface area contributed by atoms with Gasteiger partial charge in [-0.15, -0.1) is 0 Å². The number of amides is 2. The number of ether oxygens (including phenoxy) is 2. The number of rotatable bonds is 14. The molecule has 2 amide bonds. The van der Waals surface area contributed by atoms with Crippen molar-refractivity contribution < 1.29 is 23.9 Å². The molecule has 33 heavy (non-hydrogen) atoms. The van der Waals surface area contributed by atoms with Crippen LogP contribution in [0, 0.1) is 0 Å². The van der Waals surface area contributed by atoms with Crippen molar-refractivity contribution in [2.24, 2.45) is 5.73 Å². The number of carbonyl (C=O) groups is 3. The quantitative estimate of drug-likeness (QED) is 0.297. The van der Waals surface area contributed by atoms with E-state index in [1.807, 2.05) is 60.7 Å². The van der Waals surface area contributed by atoms with E-state index >= 15 is 0 Å². The molecule has 0 radical (unpaired) electrons. The standard InChI is InChI=1S/C25H33N3O5/c26-22(14-15-23(29)32-18-20-10-4-1-5-11-20)24(30)27-16-8-3-9-17-28-25(31)33-19-21-12-6-2-7-13-21/h1-2,4-7,10-13,22H,3,8-9,14-19,26H2,(H,27,30)(H,28,31)/t22-/m0/s1. The van der Waals surface area contributed by atoms with Gasteiger partial charge in [-0.2, -0.15) is 0 Å². The van der Waals surface area contributed by atoms with Gasteiger partial charge in [-0.3, -0.25) is 9.59 Å². The van der Waals surface area contributed by atoms with Crippen molar-refractivity contribution in [2.75, 3.05) is 13.1 Å². The van der Waals surface area contributed by atoms with Crippen LogP contribution in [0.3, 0.4) is 0 Å². The summed E-state index contributed by atoms with van der Waals surface area (Å²) in [5, 5.41) is 5.48. The molecule has 0 saturated carbocycles. The normalized spacial score (nSPS) is 11.3. The van der Waals surface area contributed by atoms with Crippen LogP contribution in [0.5, 0.6) is 0 Å². The first-order valence-electron chi connectivity index (χ1n) is 11.2. The Balaban J connectivity index is 1.44. The van der Waals surface area contributed by atoms with Gasteiger partial charge in [0.2, 0.25) is 5.91 Å². The van der Waals surface area contributed by atoms with Crippen LogP contribution in [0.1, 0.15) is 43.2 Å². The maximum Gasteiger partial charge on any atom is 0.407 e. The highest BCUT2D eigenvalue weighted by atomic mass is 16.5. The molecule has 0 aromatic heterocycles. The minimum absolute atomic E-state index is 0.0907. The summed E-state index contributed by atoms with van der Waals surface area (Å²) in [6, 6.07) is 18.1. The monoisotopic (exact) mass is 455 g/mol. The predicted molar refractivity (Wildman–Crippen MR) is 125 cm³/mol. The largest absolute Gasteiger partial charge is 0.461 e. The molecule has 4 N–H and O–H groups in total. The van der Waals surface area contributed by atoms with E-state index in [0.29, 0.717) is 13.1 Å². The van der Waals surface area contributed by atoms with Gasteiger partial charge in [-0.05, 0) is 36.8 Å². The highest BCUT2D eigenvalue weighted by molar-refractivity contribution is 5.82. The molecule has 0 saturated heterocycles. The zero-order valence-electron chi connectivity index (χ0n) is 18.8. The third kappa shape index (κ3) is 11.7. The van der Waals surface area contributed by atoms with Crippen molar-refractivity contribution in [3.63, 3.8) is 0 Å². The molecule has 8 nitrogen and oxygen atoms in total. The minimum Gasteiger partial charge on any atom is -0.461 e. The second-order valence-electron chi connectivity index (χ2n) is 7.63. The zero-order chi connectivity index (χ0) is 23.7. The average molecular weight is 456 g/mol. The Morgan fingerprint density at radius 1 is 0.758 bits per heavy atom. The number of esters is 1. The summed E-state index contributed by atoms with van der Waals surface area (Å²) >= 11 is 0. The number of unbranched alkanes of at least 4 members (excludes halogenated alkanes) is 2.